The number of hydrogen-bond acceptors (Lipinski definition) is 3. The summed E-state index contributed by atoms with van der Waals surface area (Å²) in [5, 5.41) is 7.55. The molecule has 0 fully saturated rings. The van der Waals surface area contributed by atoms with Gasteiger partial charge < -0.3 is 5.32 Å². The molecule has 0 aromatic carbocycles. The van der Waals surface area contributed by atoms with Gasteiger partial charge in [-0.25, -0.2) is 0 Å². The molecule has 1 N–H and O–H groups in total. The van der Waals surface area contributed by atoms with Crippen molar-refractivity contribution in [3.05, 3.63) is 18.0 Å². The van der Waals surface area contributed by atoms with Gasteiger partial charge in [-0.2, -0.15) is 5.10 Å². The maximum absolute atomic E-state index is 4.35. The van der Waals surface area contributed by atoms with Gasteiger partial charge in [-0.05, 0) is 18.9 Å². The van der Waals surface area contributed by atoms with Gasteiger partial charge in [0, 0.05) is 25.7 Å². The lowest BCUT2D eigenvalue weighted by molar-refractivity contribution is 0.601. The lowest BCUT2D eigenvalue weighted by Crippen LogP contribution is -2.25. The maximum atomic E-state index is 4.35. The van der Waals surface area contributed by atoms with Crippen LogP contribution in [0.1, 0.15) is 18.4 Å². The zero-order chi connectivity index (χ0) is 9.80. The van der Waals surface area contributed by atoms with Crippen molar-refractivity contribution in [2.24, 2.45) is 4.99 Å². The smallest absolute Gasteiger partial charge is 0.0964 e. The summed E-state index contributed by atoms with van der Waals surface area (Å²) in [6, 6.07) is 0. The highest BCUT2D eigenvalue weighted by Gasteiger charge is 2.04. The largest absolute Gasteiger partial charge is 0.372 e. The third kappa shape index (κ3) is 2.34. The zero-order valence-electron chi connectivity index (χ0n) is 8.53. The summed E-state index contributed by atoms with van der Waals surface area (Å²) in [7, 11) is 0. The molecule has 4 heteroatoms. The third-order valence-electron chi connectivity index (χ3n) is 2.31. The molecule has 2 rings (SSSR count). The third-order valence-corrected chi connectivity index (χ3v) is 2.31. The molecular formula is C10H16N4. The van der Waals surface area contributed by atoms with E-state index >= 15 is 0 Å². The van der Waals surface area contributed by atoms with Gasteiger partial charge >= 0.3 is 0 Å². The predicted octanol–water partition coefficient (Wildman–Crippen LogP) is 0.973. The van der Waals surface area contributed by atoms with Crippen LogP contribution in [0.25, 0.3) is 0 Å². The molecule has 0 bridgehead atoms. The lowest BCUT2D eigenvalue weighted by atomic mass is 10.3. The van der Waals surface area contributed by atoms with Crippen LogP contribution in [0.3, 0.4) is 0 Å². The van der Waals surface area contributed by atoms with E-state index in [9.17, 15) is 0 Å². The maximum Gasteiger partial charge on any atom is 0.0964 e. The number of nitrogens with one attached hydrogen (secondary N) is 1. The number of aromatic nitrogens is 2. The standard InChI is InChI=1S/C10H16N4/c1-9-7-13-14(8-9)6-5-12-10-3-2-4-11-10/h7-8H,2-6H2,1H3,(H,11,12). The van der Waals surface area contributed by atoms with Gasteiger partial charge in [0.25, 0.3) is 0 Å². The van der Waals surface area contributed by atoms with Crippen molar-refractivity contribution in [2.45, 2.75) is 26.3 Å². The van der Waals surface area contributed by atoms with E-state index in [4.69, 9.17) is 0 Å². The van der Waals surface area contributed by atoms with E-state index in [1.54, 1.807) is 0 Å². The minimum absolute atomic E-state index is 0.910. The van der Waals surface area contributed by atoms with E-state index < -0.39 is 0 Å². The van der Waals surface area contributed by atoms with Gasteiger partial charge in [-0.15, -0.1) is 0 Å². The topological polar surface area (TPSA) is 42.2 Å². The average Bonchev–Trinajstić information content (AvgIpc) is 2.77. The van der Waals surface area contributed by atoms with Crippen LogP contribution in [0.15, 0.2) is 17.4 Å². The summed E-state index contributed by atoms with van der Waals surface area (Å²) in [5.74, 6) is 1.16. The fourth-order valence-electron chi connectivity index (χ4n) is 1.59. The van der Waals surface area contributed by atoms with E-state index in [2.05, 4.69) is 28.5 Å². The van der Waals surface area contributed by atoms with Crippen molar-refractivity contribution in [1.29, 1.82) is 0 Å². The number of hydrogen-bond donors (Lipinski definition) is 1. The minimum atomic E-state index is 0.910. The van der Waals surface area contributed by atoms with E-state index in [0.29, 0.717) is 0 Å². The molecule has 0 unspecified atom stereocenters. The molecule has 0 spiro atoms. The quantitative estimate of drug-likeness (QED) is 0.775. The second kappa shape index (κ2) is 4.26. The molecule has 0 saturated heterocycles. The van der Waals surface area contributed by atoms with E-state index in [1.807, 2.05) is 10.9 Å². The molecule has 1 aromatic heterocycles. The highest BCUT2D eigenvalue weighted by molar-refractivity contribution is 5.83. The molecule has 0 saturated carbocycles. The Morgan fingerprint density at radius 2 is 2.50 bits per heavy atom. The highest BCUT2D eigenvalue weighted by Crippen LogP contribution is 2.00. The van der Waals surface area contributed by atoms with Gasteiger partial charge in [0.2, 0.25) is 0 Å². The molecule has 0 amide bonds. The Hall–Kier alpha value is -1.32. The van der Waals surface area contributed by atoms with Gasteiger partial charge in [0.15, 0.2) is 0 Å². The average molecular weight is 192 g/mol. The molecule has 76 valence electrons. The summed E-state index contributed by atoms with van der Waals surface area (Å²) in [4.78, 5) is 4.35. The minimum Gasteiger partial charge on any atom is -0.372 e. The van der Waals surface area contributed by atoms with Crippen LogP contribution in [0, 0.1) is 6.92 Å². The van der Waals surface area contributed by atoms with Crippen LogP contribution in [0.4, 0.5) is 0 Å². The molecule has 1 aliphatic rings. The van der Waals surface area contributed by atoms with Gasteiger partial charge in [0.05, 0.1) is 18.6 Å². The normalized spacial score (nSPS) is 15.6. The summed E-state index contributed by atoms with van der Waals surface area (Å²) in [6.45, 7) is 4.87. The number of nitrogens with zero attached hydrogens (tertiary/aromatic N) is 3. The van der Waals surface area contributed by atoms with Crippen molar-refractivity contribution in [1.82, 2.24) is 15.1 Å². The van der Waals surface area contributed by atoms with Crippen LogP contribution in [0.2, 0.25) is 0 Å². The van der Waals surface area contributed by atoms with Crippen molar-refractivity contribution in [3.8, 4) is 0 Å². The van der Waals surface area contributed by atoms with E-state index in [-0.39, 0.29) is 0 Å². The molecule has 1 aromatic rings. The van der Waals surface area contributed by atoms with Crippen molar-refractivity contribution >= 4 is 5.84 Å². The fraction of sp³-hybridized carbons (Fsp3) is 0.600. The van der Waals surface area contributed by atoms with Crippen LogP contribution >= 0.6 is 0 Å². The summed E-state index contributed by atoms with van der Waals surface area (Å²) in [6.07, 6.45) is 6.24. The fourth-order valence-corrected chi connectivity index (χ4v) is 1.59. The zero-order valence-corrected chi connectivity index (χ0v) is 8.53. The van der Waals surface area contributed by atoms with Gasteiger partial charge in [-0.1, -0.05) is 0 Å². The van der Waals surface area contributed by atoms with Crippen LogP contribution in [-0.4, -0.2) is 28.7 Å². The number of aliphatic imine (C=N–C) groups is 1. The first-order valence-corrected chi connectivity index (χ1v) is 5.11. The first-order valence-electron chi connectivity index (χ1n) is 5.11. The SMILES string of the molecule is Cc1cnn(CCNC2=NCCC2)c1. The van der Waals surface area contributed by atoms with Gasteiger partial charge in [0.1, 0.15) is 0 Å². The molecule has 0 atom stereocenters. The van der Waals surface area contributed by atoms with Crippen LogP contribution < -0.4 is 5.32 Å². The summed E-state index contributed by atoms with van der Waals surface area (Å²) < 4.78 is 1.96. The first kappa shape index (κ1) is 9.24. The van der Waals surface area contributed by atoms with Crippen molar-refractivity contribution in [2.75, 3.05) is 13.1 Å². The van der Waals surface area contributed by atoms with Crippen LogP contribution in [-0.2, 0) is 6.54 Å². The predicted molar refractivity (Wildman–Crippen MR) is 56.5 cm³/mol. The number of rotatable bonds is 3. The number of amidine groups is 1. The monoisotopic (exact) mass is 192 g/mol. The molecule has 0 radical (unpaired) electrons. The summed E-state index contributed by atoms with van der Waals surface area (Å²) in [5.41, 5.74) is 1.21. The Morgan fingerprint density at radius 3 is 3.14 bits per heavy atom. The van der Waals surface area contributed by atoms with Crippen LogP contribution in [0.5, 0.6) is 0 Å². The Morgan fingerprint density at radius 1 is 1.57 bits per heavy atom. The number of aryl methyl sites for hydroxylation is 1. The Kier molecular flexibility index (Phi) is 2.81. The highest BCUT2D eigenvalue weighted by atomic mass is 15.3. The molecule has 2 heterocycles. The van der Waals surface area contributed by atoms with Crippen molar-refractivity contribution in [3.63, 3.8) is 0 Å². The Balaban J connectivity index is 1.72. The first-order chi connectivity index (χ1) is 6.84. The molecule has 0 aliphatic carbocycles. The second-order valence-corrected chi connectivity index (χ2v) is 3.64. The van der Waals surface area contributed by atoms with Gasteiger partial charge in [-0.3, -0.25) is 9.67 Å². The molecule has 1 aliphatic heterocycles. The molecule has 4 nitrogen and oxygen atoms in total. The lowest BCUT2D eigenvalue weighted by Gasteiger charge is -2.05. The van der Waals surface area contributed by atoms with E-state index in [0.717, 1.165) is 31.9 Å². The summed E-state index contributed by atoms with van der Waals surface area (Å²) >= 11 is 0. The molecular weight excluding hydrogens is 176 g/mol. The van der Waals surface area contributed by atoms with E-state index in [1.165, 1.54) is 12.0 Å². The second-order valence-electron chi connectivity index (χ2n) is 3.64. The van der Waals surface area contributed by atoms with Crippen molar-refractivity contribution < 1.29 is 0 Å². The Labute approximate surface area is 84.0 Å². The molecule has 14 heavy (non-hydrogen) atoms. The Bertz CT molecular complexity index is 327.